The third-order valence-corrected chi connectivity index (χ3v) is 3.53. The molecule has 0 atom stereocenters. The molecule has 1 fully saturated rings. The summed E-state index contributed by atoms with van der Waals surface area (Å²) in [5.74, 6) is 0.934. The Morgan fingerprint density at radius 2 is 2.00 bits per heavy atom. The Balaban J connectivity index is 1.98. The Kier molecular flexibility index (Phi) is 3.03. The molecule has 0 spiro atoms. The predicted molar refractivity (Wildman–Crippen MR) is 72.1 cm³/mol. The van der Waals surface area contributed by atoms with Gasteiger partial charge in [-0.1, -0.05) is 12.1 Å². The monoisotopic (exact) mass is 257 g/mol. The van der Waals surface area contributed by atoms with Gasteiger partial charge in [0.15, 0.2) is 0 Å². The Morgan fingerprint density at radius 1 is 1.21 bits per heavy atom. The van der Waals surface area contributed by atoms with Crippen LogP contribution in [0.4, 0.5) is 4.39 Å². The largest absolute Gasteiger partial charge is 0.328 e. The quantitative estimate of drug-likeness (QED) is 0.900. The fraction of sp³-hybridized carbons (Fsp3) is 0.333. The highest BCUT2D eigenvalue weighted by Crippen LogP contribution is 2.34. The molecule has 0 unspecified atom stereocenters. The third kappa shape index (κ3) is 2.49. The van der Waals surface area contributed by atoms with Crippen molar-refractivity contribution >= 4 is 0 Å². The van der Waals surface area contributed by atoms with Crippen molar-refractivity contribution in [1.29, 1.82) is 0 Å². The number of benzene rings is 1. The topological polar surface area (TPSA) is 51.8 Å². The van der Waals surface area contributed by atoms with E-state index in [9.17, 15) is 4.39 Å². The summed E-state index contributed by atoms with van der Waals surface area (Å²) < 4.78 is 13.3. The summed E-state index contributed by atoms with van der Waals surface area (Å²) in [6.45, 7) is 1.94. The van der Waals surface area contributed by atoms with Crippen LogP contribution in [0.5, 0.6) is 0 Å². The summed E-state index contributed by atoms with van der Waals surface area (Å²) >= 11 is 0. The number of halogens is 1. The number of hydrogen-bond donors (Lipinski definition) is 1. The van der Waals surface area contributed by atoms with Gasteiger partial charge in [-0.2, -0.15) is 0 Å². The molecule has 0 bridgehead atoms. The number of aryl methyl sites for hydroxylation is 1. The summed E-state index contributed by atoms with van der Waals surface area (Å²) in [7, 11) is 0. The molecule has 1 heterocycles. The van der Waals surface area contributed by atoms with E-state index >= 15 is 0 Å². The summed E-state index contributed by atoms with van der Waals surface area (Å²) in [5.41, 5.74) is 8.28. The second kappa shape index (κ2) is 4.70. The molecule has 2 N–H and O–H groups in total. The van der Waals surface area contributed by atoms with Crippen LogP contribution in [0.15, 0.2) is 30.3 Å². The minimum atomic E-state index is -0.249. The van der Waals surface area contributed by atoms with E-state index in [4.69, 9.17) is 5.73 Å². The van der Waals surface area contributed by atoms with Gasteiger partial charge in [-0.25, -0.2) is 14.4 Å². The van der Waals surface area contributed by atoms with Crippen LogP contribution in [-0.2, 0) is 0 Å². The molecule has 0 saturated heterocycles. The molecular weight excluding hydrogens is 241 g/mol. The Bertz CT molecular complexity index is 606. The first-order chi connectivity index (χ1) is 9.11. The second-order valence-electron chi connectivity index (χ2n) is 5.19. The van der Waals surface area contributed by atoms with E-state index in [-0.39, 0.29) is 11.9 Å². The first-order valence-corrected chi connectivity index (χ1v) is 6.49. The molecule has 0 amide bonds. The maximum absolute atomic E-state index is 13.3. The third-order valence-electron chi connectivity index (χ3n) is 3.53. The van der Waals surface area contributed by atoms with Crippen molar-refractivity contribution in [3.05, 3.63) is 47.7 Å². The zero-order chi connectivity index (χ0) is 13.4. The van der Waals surface area contributed by atoms with Crippen LogP contribution in [0.1, 0.15) is 30.3 Å². The van der Waals surface area contributed by atoms with Crippen LogP contribution in [0, 0.1) is 12.7 Å². The Morgan fingerprint density at radius 3 is 2.68 bits per heavy atom. The lowest BCUT2D eigenvalue weighted by atomic mass is 9.80. The zero-order valence-electron chi connectivity index (χ0n) is 10.8. The first-order valence-electron chi connectivity index (χ1n) is 6.49. The average Bonchev–Trinajstić information content (AvgIpc) is 2.34. The van der Waals surface area contributed by atoms with Crippen molar-refractivity contribution in [2.45, 2.75) is 31.7 Å². The fourth-order valence-corrected chi connectivity index (χ4v) is 2.44. The van der Waals surface area contributed by atoms with Gasteiger partial charge in [0, 0.05) is 23.2 Å². The number of rotatable bonds is 2. The summed E-state index contributed by atoms with van der Waals surface area (Å²) in [6.07, 6.45) is 1.87. The summed E-state index contributed by atoms with van der Waals surface area (Å²) in [5, 5.41) is 0. The maximum Gasteiger partial charge on any atom is 0.132 e. The molecule has 98 valence electrons. The highest BCUT2D eigenvalue weighted by molar-refractivity contribution is 5.59. The fourth-order valence-electron chi connectivity index (χ4n) is 2.44. The molecule has 1 aliphatic carbocycles. The molecule has 1 aromatic heterocycles. The lowest BCUT2D eigenvalue weighted by Gasteiger charge is -2.31. The summed E-state index contributed by atoms with van der Waals surface area (Å²) in [4.78, 5) is 9.05. The highest BCUT2D eigenvalue weighted by atomic mass is 19.1. The number of nitrogens with zero attached hydrogens (tertiary/aromatic N) is 2. The van der Waals surface area contributed by atoms with Crippen molar-refractivity contribution in [2.24, 2.45) is 5.73 Å². The normalized spacial score (nSPS) is 22.1. The Hall–Kier alpha value is -1.81. The summed E-state index contributed by atoms with van der Waals surface area (Å²) in [6, 6.07) is 8.65. The standard InChI is InChI=1S/C15H16FN3/c1-9-5-14(10-3-2-4-12(16)6-10)19-15(18-9)11-7-13(17)8-11/h2-6,11,13H,7-8,17H2,1H3. The van der Waals surface area contributed by atoms with E-state index in [1.54, 1.807) is 6.07 Å². The molecule has 0 aliphatic heterocycles. The van der Waals surface area contributed by atoms with Gasteiger partial charge in [-0.15, -0.1) is 0 Å². The maximum atomic E-state index is 13.3. The van der Waals surface area contributed by atoms with E-state index in [0.717, 1.165) is 35.6 Å². The minimum Gasteiger partial charge on any atom is -0.328 e. The predicted octanol–water partition coefficient (Wildman–Crippen LogP) is 2.80. The van der Waals surface area contributed by atoms with E-state index in [1.807, 2.05) is 19.1 Å². The van der Waals surface area contributed by atoms with Crippen molar-refractivity contribution in [3.63, 3.8) is 0 Å². The molecular formula is C15H16FN3. The van der Waals surface area contributed by atoms with E-state index in [0.29, 0.717) is 5.92 Å². The minimum absolute atomic E-state index is 0.249. The second-order valence-corrected chi connectivity index (χ2v) is 5.19. The molecule has 4 heteroatoms. The van der Waals surface area contributed by atoms with Crippen LogP contribution in [0.25, 0.3) is 11.3 Å². The van der Waals surface area contributed by atoms with Gasteiger partial charge in [0.2, 0.25) is 0 Å². The lowest BCUT2D eigenvalue weighted by molar-refractivity contribution is 0.338. The van der Waals surface area contributed by atoms with Crippen LogP contribution in [-0.4, -0.2) is 16.0 Å². The molecule has 1 aromatic carbocycles. The van der Waals surface area contributed by atoms with Gasteiger partial charge in [0.25, 0.3) is 0 Å². The average molecular weight is 257 g/mol. The number of nitrogens with two attached hydrogens (primary N) is 1. The van der Waals surface area contributed by atoms with Crippen LogP contribution in [0.2, 0.25) is 0 Å². The van der Waals surface area contributed by atoms with Gasteiger partial charge in [-0.3, -0.25) is 0 Å². The molecule has 2 aromatic rings. The highest BCUT2D eigenvalue weighted by Gasteiger charge is 2.29. The van der Waals surface area contributed by atoms with Crippen LogP contribution in [0.3, 0.4) is 0 Å². The van der Waals surface area contributed by atoms with Crippen molar-refractivity contribution in [3.8, 4) is 11.3 Å². The van der Waals surface area contributed by atoms with Crippen molar-refractivity contribution in [1.82, 2.24) is 9.97 Å². The van der Waals surface area contributed by atoms with Gasteiger partial charge in [0.05, 0.1) is 5.69 Å². The van der Waals surface area contributed by atoms with Gasteiger partial charge in [-0.05, 0) is 38.0 Å². The lowest BCUT2D eigenvalue weighted by Crippen LogP contribution is -2.35. The van der Waals surface area contributed by atoms with Crippen molar-refractivity contribution in [2.75, 3.05) is 0 Å². The van der Waals surface area contributed by atoms with Crippen molar-refractivity contribution < 1.29 is 4.39 Å². The van der Waals surface area contributed by atoms with Gasteiger partial charge in [0.1, 0.15) is 11.6 Å². The molecule has 1 saturated carbocycles. The SMILES string of the molecule is Cc1cc(-c2cccc(F)c2)nc(C2CC(N)C2)n1. The molecule has 0 radical (unpaired) electrons. The molecule has 1 aliphatic rings. The van der Waals surface area contributed by atoms with E-state index in [2.05, 4.69) is 9.97 Å². The number of aromatic nitrogens is 2. The molecule has 19 heavy (non-hydrogen) atoms. The van der Waals surface area contributed by atoms with E-state index in [1.165, 1.54) is 12.1 Å². The van der Waals surface area contributed by atoms with E-state index < -0.39 is 0 Å². The van der Waals surface area contributed by atoms with Gasteiger partial charge < -0.3 is 5.73 Å². The van der Waals surface area contributed by atoms with Crippen LogP contribution >= 0.6 is 0 Å². The Labute approximate surface area is 111 Å². The first kappa shape index (κ1) is 12.2. The molecule has 3 rings (SSSR count). The smallest absolute Gasteiger partial charge is 0.132 e. The van der Waals surface area contributed by atoms with Crippen LogP contribution < -0.4 is 5.73 Å². The van der Waals surface area contributed by atoms with Gasteiger partial charge >= 0.3 is 0 Å². The molecule has 3 nitrogen and oxygen atoms in total. The number of hydrogen-bond acceptors (Lipinski definition) is 3. The zero-order valence-corrected chi connectivity index (χ0v) is 10.8.